The molecule has 1 saturated heterocycles. The first-order valence-electron chi connectivity index (χ1n) is 10.0. The number of ether oxygens (including phenoxy) is 1. The summed E-state index contributed by atoms with van der Waals surface area (Å²) >= 11 is 0. The van der Waals surface area contributed by atoms with E-state index in [9.17, 15) is 4.79 Å². The first kappa shape index (κ1) is 19.8. The molecule has 0 spiro atoms. The van der Waals surface area contributed by atoms with Gasteiger partial charge in [-0.15, -0.1) is 0 Å². The Labute approximate surface area is 152 Å². The first-order valence-corrected chi connectivity index (χ1v) is 10.0. The number of nitrogens with zero attached hydrogens (tertiary/aromatic N) is 1. The van der Waals surface area contributed by atoms with Gasteiger partial charge in [-0.2, -0.15) is 0 Å². The van der Waals surface area contributed by atoms with Crippen LogP contribution in [0, 0.1) is 0 Å². The van der Waals surface area contributed by atoms with Gasteiger partial charge in [-0.3, -0.25) is 4.79 Å². The highest BCUT2D eigenvalue weighted by atomic mass is 16.5. The SMILES string of the molecule is CCCCCCCCCCNc1cccc(C(=O)N2CCOCC2)c1. The number of amides is 1. The Morgan fingerprint density at radius 2 is 1.72 bits per heavy atom. The van der Waals surface area contributed by atoms with Crippen molar-refractivity contribution in [2.75, 3.05) is 38.2 Å². The third kappa shape index (κ3) is 7.47. The van der Waals surface area contributed by atoms with Gasteiger partial charge in [0.15, 0.2) is 0 Å². The minimum Gasteiger partial charge on any atom is -0.385 e. The van der Waals surface area contributed by atoms with Crippen molar-refractivity contribution < 1.29 is 9.53 Å². The molecule has 1 aromatic rings. The molecule has 1 aromatic carbocycles. The van der Waals surface area contributed by atoms with Gasteiger partial charge in [-0.1, -0.05) is 57.9 Å². The molecular weight excluding hydrogens is 312 g/mol. The molecule has 0 aromatic heterocycles. The van der Waals surface area contributed by atoms with E-state index in [4.69, 9.17) is 4.74 Å². The van der Waals surface area contributed by atoms with Gasteiger partial charge < -0.3 is 15.0 Å². The highest BCUT2D eigenvalue weighted by Crippen LogP contribution is 2.14. The van der Waals surface area contributed by atoms with E-state index >= 15 is 0 Å². The van der Waals surface area contributed by atoms with Crippen LogP contribution in [-0.4, -0.2) is 43.7 Å². The Hall–Kier alpha value is -1.55. The zero-order valence-corrected chi connectivity index (χ0v) is 15.8. The van der Waals surface area contributed by atoms with E-state index in [0.29, 0.717) is 26.3 Å². The summed E-state index contributed by atoms with van der Waals surface area (Å²) in [5.74, 6) is 0.110. The Morgan fingerprint density at radius 1 is 1.04 bits per heavy atom. The number of morpholine rings is 1. The van der Waals surface area contributed by atoms with E-state index in [1.54, 1.807) is 0 Å². The van der Waals surface area contributed by atoms with Crippen LogP contribution in [0.5, 0.6) is 0 Å². The van der Waals surface area contributed by atoms with Crippen LogP contribution in [0.1, 0.15) is 68.6 Å². The lowest BCUT2D eigenvalue weighted by Crippen LogP contribution is -2.40. The highest BCUT2D eigenvalue weighted by Gasteiger charge is 2.18. The van der Waals surface area contributed by atoms with Gasteiger partial charge in [0.1, 0.15) is 0 Å². The molecule has 4 nitrogen and oxygen atoms in total. The van der Waals surface area contributed by atoms with Gasteiger partial charge in [-0.25, -0.2) is 0 Å². The van der Waals surface area contributed by atoms with Crippen LogP contribution in [0.2, 0.25) is 0 Å². The smallest absolute Gasteiger partial charge is 0.254 e. The van der Waals surface area contributed by atoms with Crippen LogP contribution in [0.3, 0.4) is 0 Å². The summed E-state index contributed by atoms with van der Waals surface area (Å²) in [7, 11) is 0. The zero-order valence-electron chi connectivity index (χ0n) is 15.8. The fourth-order valence-electron chi connectivity index (χ4n) is 3.20. The van der Waals surface area contributed by atoms with Crippen molar-refractivity contribution in [1.82, 2.24) is 4.90 Å². The molecule has 2 rings (SSSR count). The molecule has 1 aliphatic rings. The molecule has 25 heavy (non-hydrogen) atoms. The van der Waals surface area contributed by atoms with E-state index in [1.807, 2.05) is 29.2 Å². The summed E-state index contributed by atoms with van der Waals surface area (Å²) in [6.07, 6.45) is 10.6. The van der Waals surface area contributed by atoms with Crippen molar-refractivity contribution in [3.8, 4) is 0 Å². The van der Waals surface area contributed by atoms with Crippen LogP contribution in [0.15, 0.2) is 24.3 Å². The lowest BCUT2D eigenvalue weighted by molar-refractivity contribution is 0.0303. The molecule has 0 atom stereocenters. The fraction of sp³-hybridized carbons (Fsp3) is 0.667. The van der Waals surface area contributed by atoms with Gasteiger partial charge in [0, 0.05) is 30.9 Å². The van der Waals surface area contributed by atoms with Crippen LogP contribution >= 0.6 is 0 Å². The zero-order chi connectivity index (χ0) is 17.7. The van der Waals surface area contributed by atoms with Crippen molar-refractivity contribution in [2.24, 2.45) is 0 Å². The molecular formula is C21H34N2O2. The molecule has 0 unspecified atom stereocenters. The maximum absolute atomic E-state index is 12.5. The predicted molar refractivity (Wildman–Crippen MR) is 104 cm³/mol. The summed E-state index contributed by atoms with van der Waals surface area (Å²) in [5.41, 5.74) is 1.81. The fourth-order valence-corrected chi connectivity index (χ4v) is 3.20. The largest absolute Gasteiger partial charge is 0.385 e. The molecule has 140 valence electrons. The van der Waals surface area contributed by atoms with Gasteiger partial charge in [0.25, 0.3) is 5.91 Å². The van der Waals surface area contributed by atoms with E-state index in [-0.39, 0.29) is 5.91 Å². The Balaban J connectivity index is 1.64. The molecule has 4 heteroatoms. The third-order valence-electron chi connectivity index (χ3n) is 4.77. The van der Waals surface area contributed by atoms with E-state index < -0.39 is 0 Å². The molecule has 1 fully saturated rings. The van der Waals surface area contributed by atoms with Crippen molar-refractivity contribution in [3.05, 3.63) is 29.8 Å². The molecule has 1 N–H and O–H groups in total. The number of unbranched alkanes of at least 4 members (excludes halogenated alkanes) is 7. The van der Waals surface area contributed by atoms with Gasteiger partial charge >= 0.3 is 0 Å². The van der Waals surface area contributed by atoms with Crippen LogP contribution in [0.25, 0.3) is 0 Å². The quantitative estimate of drug-likeness (QED) is 0.590. The standard InChI is InChI=1S/C21H34N2O2/c1-2-3-4-5-6-7-8-9-13-22-20-12-10-11-19(18-20)21(24)23-14-16-25-17-15-23/h10-12,18,22H,2-9,13-17H2,1H3. The second-order valence-electron chi connectivity index (χ2n) is 6.89. The number of benzene rings is 1. The Kier molecular flexibility index (Phi) is 9.42. The lowest BCUT2D eigenvalue weighted by atomic mass is 10.1. The molecule has 1 aliphatic heterocycles. The number of hydrogen-bond donors (Lipinski definition) is 1. The lowest BCUT2D eigenvalue weighted by Gasteiger charge is -2.27. The van der Waals surface area contributed by atoms with Gasteiger partial charge in [0.2, 0.25) is 0 Å². The number of rotatable bonds is 11. The molecule has 0 aliphatic carbocycles. The Morgan fingerprint density at radius 3 is 2.44 bits per heavy atom. The molecule has 1 amide bonds. The normalized spacial score (nSPS) is 14.5. The van der Waals surface area contributed by atoms with Crippen molar-refractivity contribution in [3.63, 3.8) is 0 Å². The summed E-state index contributed by atoms with van der Waals surface area (Å²) in [6.45, 7) is 5.90. The van der Waals surface area contributed by atoms with Crippen molar-refractivity contribution in [2.45, 2.75) is 58.3 Å². The van der Waals surface area contributed by atoms with Crippen molar-refractivity contribution >= 4 is 11.6 Å². The maximum Gasteiger partial charge on any atom is 0.254 e. The minimum absolute atomic E-state index is 0.110. The van der Waals surface area contributed by atoms with Gasteiger partial charge in [-0.05, 0) is 24.6 Å². The maximum atomic E-state index is 12.5. The number of nitrogens with one attached hydrogen (secondary N) is 1. The summed E-state index contributed by atoms with van der Waals surface area (Å²) in [4.78, 5) is 14.4. The molecule has 0 saturated carbocycles. The summed E-state index contributed by atoms with van der Waals surface area (Å²) in [5, 5.41) is 3.46. The number of carbonyl (C=O) groups excluding carboxylic acids is 1. The molecule has 1 heterocycles. The highest BCUT2D eigenvalue weighted by molar-refractivity contribution is 5.95. The molecule has 0 bridgehead atoms. The topological polar surface area (TPSA) is 41.6 Å². The second-order valence-corrected chi connectivity index (χ2v) is 6.89. The second kappa shape index (κ2) is 11.9. The van der Waals surface area contributed by atoms with Crippen LogP contribution in [0.4, 0.5) is 5.69 Å². The van der Waals surface area contributed by atoms with Crippen LogP contribution in [-0.2, 0) is 4.74 Å². The molecule has 0 radical (unpaired) electrons. The average molecular weight is 347 g/mol. The number of hydrogen-bond acceptors (Lipinski definition) is 3. The van der Waals surface area contributed by atoms with E-state index in [1.165, 1.54) is 51.4 Å². The average Bonchev–Trinajstić information content (AvgIpc) is 2.67. The number of carbonyl (C=O) groups is 1. The predicted octanol–water partition coefficient (Wildman–Crippen LogP) is 4.71. The Bertz CT molecular complexity index is 498. The van der Waals surface area contributed by atoms with Gasteiger partial charge in [0.05, 0.1) is 13.2 Å². The van der Waals surface area contributed by atoms with Crippen LogP contribution < -0.4 is 5.32 Å². The summed E-state index contributed by atoms with van der Waals surface area (Å²) < 4.78 is 5.32. The van der Waals surface area contributed by atoms with E-state index in [2.05, 4.69) is 12.2 Å². The first-order chi connectivity index (χ1) is 12.3. The minimum atomic E-state index is 0.110. The third-order valence-corrected chi connectivity index (χ3v) is 4.77. The summed E-state index contributed by atoms with van der Waals surface area (Å²) in [6, 6.07) is 7.88. The van der Waals surface area contributed by atoms with Crippen molar-refractivity contribution in [1.29, 1.82) is 0 Å². The number of anilines is 1. The monoisotopic (exact) mass is 346 g/mol. The van der Waals surface area contributed by atoms with E-state index in [0.717, 1.165) is 17.8 Å².